The molecule has 0 amide bonds. The van der Waals surface area contributed by atoms with Gasteiger partial charge in [0, 0.05) is 6.42 Å². The summed E-state index contributed by atoms with van der Waals surface area (Å²) in [7, 11) is 0. The van der Waals surface area contributed by atoms with Crippen LogP contribution in [0, 0.1) is 0 Å². The lowest BCUT2D eigenvalue weighted by atomic mass is 10.1. The van der Waals surface area contributed by atoms with E-state index in [4.69, 9.17) is 4.74 Å². The smallest absolute Gasteiger partial charge is 0.348 e. The molecule has 21 heavy (non-hydrogen) atoms. The summed E-state index contributed by atoms with van der Waals surface area (Å²) in [4.78, 5) is 23.7. The second kappa shape index (κ2) is 11.5. The van der Waals surface area contributed by atoms with Crippen molar-refractivity contribution in [1.82, 2.24) is 0 Å². The number of hydrogen-bond donors (Lipinski definition) is 0. The maximum absolute atomic E-state index is 11.6. The van der Waals surface area contributed by atoms with E-state index in [2.05, 4.69) is 6.92 Å². The molecule has 0 aliphatic rings. The van der Waals surface area contributed by atoms with Crippen LogP contribution in [0.4, 0.5) is 0 Å². The number of ketones is 1. The molecule has 0 atom stereocenters. The number of thiophene rings is 1. The predicted molar refractivity (Wildman–Crippen MR) is 86.8 cm³/mol. The molecule has 1 heterocycles. The predicted octanol–water partition coefficient (Wildman–Crippen LogP) is 5.00. The van der Waals surface area contributed by atoms with Crippen molar-refractivity contribution in [2.45, 2.75) is 64.7 Å². The van der Waals surface area contributed by atoms with Gasteiger partial charge in [0.05, 0.1) is 0 Å². The van der Waals surface area contributed by atoms with Crippen LogP contribution in [-0.2, 0) is 9.53 Å². The van der Waals surface area contributed by atoms with Crippen LogP contribution in [0.1, 0.15) is 74.4 Å². The lowest BCUT2D eigenvalue weighted by Crippen LogP contribution is -2.13. The van der Waals surface area contributed by atoms with Gasteiger partial charge in [-0.1, -0.05) is 57.9 Å². The van der Waals surface area contributed by atoms with Gasteiger partial charge in [-0.25, -0.2) is 4.79 Å². The molecule has 0 saturated carbocycles. The van der Waals surface area contributed by atoms with Gasteiger partial charge in [0.25, 0.3) is 0 Å². The third-order valence-electron chi connectivity index (χ3n) is 3.40. The molecule has 1 aromatic rings. The Morgan fingerprint density at radius 2 is 1.71 bits per heavy atom. The minimum absolute atomic E-state index is 0.0193. The summed E-state index contributed by atoms with van der Waals surface area (Å²) in [6.07, 6.45) is 10.2. The Bertz CT molecular complexity index is 398. The van der Waals surface area contributed by atoms with Crippen molar-refractivity contribution >= 4 is 23.1 Å². The number of carbonyl (C=O) groups is 2. The SMILES string of the molecule is CCCCCCCCCCC(=O)COC(=O)c1cccs1. The Morgan fingerprint density at radius 3 is 2.33 bits per heavy atom. The van der Waals surface area contributed by atoms with E-state index < -0.39 is 5.97 Å². The average molecular weight is 310 g/mol. The van der Waals surface area contributed by atoms with Gasteiger partial charge in [-0.05, 0) is 17.9 Å². The number of Topliss-reactive ketones (excluding diaryl/α,β-unsaturated/α-hetero) is 1. The molecule has 0 aliphatic carbocycles. The van der Waals surface area contributed by atoms with Crippen molar-refractivity contribution < 1.29 is 14.3 Å². The summed E-state index contributed by atoms with van der Waals surface area (Å²) in [5, 5.41) is 1.82. The highest BCUT2D eigenvalue weighted by molar-refractivity contribution is 7.11. The van der Waals surface area contributed by atoms with Crippen LogP contribution in [0.5, 0.6) is 0 Å². The van der Waals surface area contributed by atoms with Gasteiger partial charge < -0.3 is 4.74 Å². The third-order valence-corrected chi connectivity index (χ3v) is 4.25. The fourth-order valence-corrected chi connectivity index (χ4v) is 2.76. The zero-order valence-corrected chi connectivity index (χ0v) is 13.8. The Labute approximate surface area is 131 Å². The first-order chi connectivity index (χ1) is 10.2. The van der Waals surface area contributed by atoms with E-state index in [0.29, 0.717) is 11.3 Å². The van der Waals surface area contributed by atoms with Crippen LogP contribution < -0.4 is 0 Å². The van der Waals surface area contributed by atoms with E-state index in [0.717, 1.165) is 12.8 Å². The number of carbonyl (C=O) groups excluding carboxylic acids is 2. The molecular weight excluding hydrogens is 284 g/mol. The number of esters is 1. The summed E-state index contributed by atoms with van der Waals surface area (Å²) < 4.78 is 4.99. The van der Waals surface area contributed by atoms with Gasteiger partial charge in [0.1, 0.15) is 11.5 Å². The monoisotopic (exact) mass is 310 g/mol. The van der Waals surface area contributed by atoms with E-state index in [9.17, 15) is 9.59 Å². The number of ether oxygens (including phenoxy) is 1. The average Bonchev–Trinajstić information content (AvgIpc) is 3.02. The van der Waals surface area contributed by atoms with Crippen LogP contribution in [0.2, 0.25) is 0 Å². The maximum atomic E-state index is 11.6. The van der Waals surface area contributed by atoms with Crippen molar-refractivity contribution in [2.75, 3.05) is 6.61 Å². The lowest BCUT2D eigenvalue weighted by Gasteiger charge is -2.03. The number of hydrogen-bond acceptors (Lipinski definition) is 4. The molecule has 0 bridgehead atoms. The summed E-state index contributed by atoms with van der Waals surface area (Å²) in [6, 6.07) is 3.50. The van der Waals surface area contributed by atoms with E-state index in [1.807, 2.05) is 5.38 Å². The molecule has 118 valence electrons. The van der Waals surface area contributed by atoms with Gasteiger partial charge in [-0.2, -0.15) is 0 Å². The van der Waals surface area contributed by atoms with Crippen molar-refractivity contribution in [3.63, 3.8) is 0 Å². The molecule has 0 saturated heterocycles. The normalized spacial score (nSPS) is 10.5. The first-order valence-electron chi connectivity index (χ1n) is 7.96. The standard InChI is InChI=1S/C17H26O3S/c1-2-3-4-5-6-7-8-9-11-15(18)14-20-17(19)16-12-10-13-21-16/h10,12-13H,2-9,11,14H2,1H3. The highest BCUT2D eigenvalue weighted by Gasteiger charge is 2.10. The third kappa shape index (κ3) is 8.66. The fourth-order valence-electron chi connectivity index (χ4n) is 2.14. The fraction of sp³-hybridized carbons (Fsp3) is 0.647. The van der Waals surface area contributed by atoms with Crippen LogP contribution in [0.15, 0.2) is 17.5 Å². The first-order valence-corrected chi connectivity index (χ1v) is 8.84. The van der Waals surface area contributed by atoms with Gasteiger partial charge in [0.15, 0.2) is 5.78 Å². The van der Waals surface area contributed by atoms with Crippen molar-refractivity contribution in [3.05, 3.63) is 22.4 Å². The molecule has 3 nitrogen and oxygen atoms in total. The Hall–Kier alpha value is -1.16. The molecular formula is C17H26O3S. The number of unbranched alkanes of at least 4 members (excludes halogenated alkanes) is 7. The number of rotatable bonds is 12. The van der Waals surface area contributed by atoms with Crippen LogP contribution >= 0.6 is 11.3 Å². The summed E-state index contributed by atoms with van der Waals surface area (Å²) in [6.45, 7) is 2.13. The zero-order valence-electron chi connectivity index (χ0n) is 12.9. The molecule has 0 radical (unpaired) electrons. The van der Waals surface area contributed by atoms with E-state index in [1.165, 1.54) is 49.9 Å². The Kier molecular flexibility index (Phi) is 9.79. The molecule has 1 aromatic heterocycles. The van der Waals surface area contributed by atoms with Gasteiger partial charge in [-0.15, -0.1) is 11.3 Å². The van der Waals surface area contributed by atoms with Gasteiger partial charge in [-0.3, -0.25) is 4.79 Å². The molecule has 0 unspecified atom stereocenters. The second-order valence-corrected chi connectivity index (χ2v) is 6.26. The highest BCUT2D eigenvalue weighted by Crippen LogP contribution is 2.11. The van der Waals surface area contributed by atoms with Crippen molar-refractivity contribution in [2.24, 2.45) is 0 Å². The molecule has 0 aromatic carbocycles. The van der Waals surface area contributed by atoms with E-state index >= 15 is 0 Å². The Morgan fingerprint density at radius 1 is 1.05 bits per heavy atom. The lowest BCUT2D eigenvalue weighted by molar-refractivity contribution is -0.122. The minimum atomic E-state index is -0.394. The van der Waals surface area contributed by atoms with Crippen LogP contribution in [0.3, 0.4) is 0 Å². The van der Waals surface area contributed by atoms with Crippen LogP contribution in [0.25, 0.3) is 0 Å². The second-order valence-electron chi connectivity index (χ2n) is 5.32. The van der Waals surface area contributed by atoms with Gasteiger partial charge in [0.2, 0.25) is 0 Å². The van der Waals surface area contributed by atoms with Crippen molar-refractivity contribution in [1.29, 1.82) is 0 Å². The zero-order chi connectivity index (χ0) is 15.3. The Balaban J connectivity index is 1.95. The highest BCUT2D eigenvalue weighted by atomic mass is 32.1. The molecule has 0 aliphatic heterocycles. The summed E-state index contributed by atoms with van der Waals surface area (Å²) >= 11 is 1.33. The van der Waals surface area contributed by atoms with E-state index in [-0.39, 0.29) is 12.4 Å². The van der Waals surface area contributed by atoms with Crippen LogP contribution in [-0.4, -0.2) is 18.4 Å². The van der Waals surface area contributed by atoms with E-state index in [1.54, 1.807) is 12.1 Å². The van der Waals surface area contributed by atoms with Crippen molar-refractivity contribution in [3.8, 4) is 0 Å². The summed E-state index contributed by atoms with van der Waals surface area (Å²) in [5.41, 5.74) is 0. The molecule has 1 rings (SSSR count). The maximum Gasteiger partial charge on any atom is 0.348 e. The summed E-state index contributed by atoms with van der Waals surface area (Å²) in [5.74, 6) is -0.375. The minimum Gasteiger partial charge on any atom is -0.454 e. The topological polar surface area (TPSA) is 43.4 Å². The molecule has 0 N–H and O–H groups in total. The quantitative estimate of drug-likeness (QED) is 0.403. The van der Waals surface area contributed by atoms with Gasteiger partial charge >= 0.3 is 5.97 Å². The first kappa shape index (κ1) is 17.9. The largest absolute Gasteiger partial charge is 0.454 e. The molecule has 4 heteroatoms. The molecule has 0 spiro atoms. The molecule has 0 fully saturated rings.